The highest BCUT2D eigenvalue weighted by molar-refractivity contribution is 6.21. The number of fused-ring (bicyclic) bond motifs is 1. The van der Waals surface area contributed by atoms with Crippen LogP contribution in [0.25, 0.3) is 0 Å². The number of carboxylic acid groups (broad SMARTS) is 1. The van der Waals surface area contributed by atoms with Crippen LogP contribution >= 0.6 is 12.4 Å². The maximum Gasteiger partial charge on any atom is 0.326 e. The maximum atomic E-state index is 12.2. The zero-order valence-corrected chi connectivity index (χ0v) is 14.9. The number of halogens is 1. The molecule has 2 aromatic rings. The summed E-state index contributed by atoms with van der Waals surface area (Å²) < 4.78 is 0. The first-order chi connectivity index (χ1) is 12.5. The standard InChI is InChI=1S/C17H16N4O5.ClH/c22-14(20-13(17(25)26)7-10-8-18-9-19-10)5-6-21-15(23)11-3-1-2-4-12(11)16(21)24;/h1-4,8-9,13H,5-7H2,(H,18,19)(H,20,22)(H,25,26);1H/t13-;/m1./s1. The number of imidazole rings is 1. The summed E-state index contributed by atoms with van der Waals surface area (Å²) in [6, 6.07) is 5.30. The third-order valence-corrected chi connectivity index (χ3v) is 4.05. The van der Waals surface area contributed by atoms with E-state index in [1.54, 1.807) is 24.3 Å². The largest absolute Gasteiger partial charge is 0.480 e. The van der Waals surface area contributed by atoms with E-state index in [0.717, 1.165) is 4.90 Å². The number of hydrogen-bond acceptors (Lipinski definition) is 5. The van der Waals surface area contributed by atoms with Crippen LogP contribution in [0, 0.1) is 0 Å². The molecule has 0 unspecified atom stereocenters. The van der Waals surface area contributed by atoms with Crippen LogP contribution in [-0.2, 0) is 16.0 Å². The minimum Gasteiger partial charge on any atom is -0.480 e. The van der Waals surface area contributed by atoms with E-state index in [9.17, 15) is 24.3 Å². The van der Waals surface area contributed by atoms with E-state index in [1.807, 2.05) is 0 Å². The normalized spacial score (nSPS) is 13.7. The summed E-state index contributed by atoms with van der Waals surface area (Å²) >= 11 is 0. The number of amides is 3. The van der Waals surface area contributed by atoms with Gasteiger partial charge >= 0.3 is 5.97 Å². The van der Waals surface area contributed by atoms with E-state index in [0.29, 0.717) is 16.8 Å². The molecule has 27 heavy (non-hydrogen) atoms. The molecule has 0 aliphatic carbocycles. The molecular formula is C17H17ClN4O5. The zero-order valence-electron chi connectivity index (χ0n) is 14.0. The van der Waals surface area contributed by atoms with Crippen molar-refractivity contribution in [2.45, 2.75) is 18.9 Å². The molecule has 1 aromatic carbocycles. The van der Waals surface area contributed by atoms with E-state index >= 15 is 0 Å². The Morgan fingerprint density at radius 2 is 1.81 bits per heavy atom. The summed E-state index contributed by atoms with van der Waals surface area (Å²) in [6.07, 6.45) is 2.76. The highest BCUT2D eigenvalue weighted by Crippen LogP contribution is 2.22. The Balaban J connectivity index is 0.00000261. The highest BCUT2D eigenvalue weighted by Gasteiger charge is 2.35. The Morgan fingerprint density at radius 3 is 2.33 bits per heavy atom. The van der Waals surface area contributed by atoms with Crippen LogP contribution in [0.3, 0.4) is 0 Å². The molecule has 0 radical (unpaired) electrons. The summed E-state index contributed by atoms with van der Waals surface area (Å²) in [6.45, 7) is -0.116. The van der Waals surface area contributed by atoms with Gasteiger partial charge in [-0.15, -0.1) is 12.4 Å². The third-order valence-electron chi connectivity index (χ3n) is 4.05. The van der Waals surface area contributed by atoms with Gasteiger partial charge < -0.3 is 15.4 Å². The van der Waals surface area contributed by atoms with Gasteiger partial charge in [0.05, 0.1) is 17.5 Å². The number of nitrogens with zero attached hydrogens (tertiary/aromatic N) is 2. The van der Waals surface area contributed by atoms with Gasteiger partial charge in [-0.1, -0.05) is 12.1 Å². The molecule has 0 spiro atoms. The van der Waals surface area contributed by atoms with Crippen LogP contribution in [-0.4, -0.2) is 56.3 Å². The Morgan fingerprint density at radius 1 is 1.19 bits per heavy atom. The Bertz CT molecular complexity index is 833. The van der Waals surface area contributed by atoms with Crippen molar-refractivity contribution in [2.24, 2.45) is 0 Å². The number of aromatic nitrogens is 2. The van der Waals surface area contributed by atoms with Gasteiger partial charge in [-0.25, -0.2) is 9.78 Å². The first kappa shape index (κ1) is 20.1. The van der Waals surface area contributed by atoms with E-state index in [-0.39, 0.29) is 31.8 Å². The number of aromatic amines is 1. The number of nitrogens with one attached hydrogen (secondary N) is 2. The number of carbonyl (C=O) groups excluding carboxylic acids is 3. The Kier molecular flexibility index (Phi) is 6.30. The summed E-state index contributed by atoms with van der Waals surface area (Å²) in [5, 5.41) is 11.6. The van der Waals surface area contributed by atoms with Gasteiger partial charge in [0.2, 0.25) is 5.91 Å². The van der Waals surface area contributed by atoms with Crippen molar-refractivity contribution in [2.75, 3.05) is 6.54 Å². The molecule has 1 aliphatic heterocycles. The minimum atomic E-state index is -1.19. The number of carbonyl (C=O) groups is 4. The van der Waals surface area contributed by atoms with Crippen molar-refractivity contribution in [3.63, 3.8) is 0 Å². The summed E-state index contributed by atoms with van der Waals surface area (Å²) in [7, 11) is 0. The quantitative estimate of drug-likeness (QED) is 0.592. The number of aliphatic carboxylic acids is 1. The number of carboxylic acids is 1. The smallest absolute Gasteiger partial charge is 0.326 e. The van der Waals surface area contributed by atoms with Crippen LogP contribution in [0.2, 0.25) is 0 Å². The van der Waals surface area contributed by atoms with Gasteiger partial charge in [-0.2, -0.15) is 0 Å². The molecular weight excluding hydrogens is 376 g/mol. The molecule has 9 nitrogen and oxygen atoms in total. The first-order valence-corrected chi connectivity index (χ1v) is 7.92. The van der Waals surface area contributed by atoms with Gasteiger partial charge in [-0.3, -0.25) is 19.3 Å². The fourth-order valence-corrected chi connectivity index (χ4v) is 2.74. The predicted molar refractivity (Wildman–Crippen MR) is 95.5 cm³/mol. The highest BCUT2D eigenvalue weighted by atomic mass is 35.5. The fourth-order valence-electron chi connectivity index (χ4n) is 2.74. The number of imide groups is 1. The number of hydrogen-bond donors (Lipinski definition) is 3. The Hall–Kier alpha value is -3.20. The number of rotatable bonds is 7. The van der Waals surface area contributed by atoms with Crippen LogP contribution in [0.1, 0.15) is 32.8 Å². The first-order valence-electron chi connectivity index (χ1n) is 7.92. The van der Waals surface area contributed by atoms with Crippen LogP contribution in [0.4, 0.5) is 0 Å². The second-order valence-electron chi connectivity index (χ2n) is 5.80. The molecule has 1 aliphatic rings. The van der Waals surface area contributed by atoms with Crippen LogP contribution < -0.4 is 5.32 Å². The van der Waals surface area contributed by atoms with E-state index in [2.05, 4.69) is 15.3 Å². The average molecular weight is 393 g/mol. The molecule has 3 amide bonds. The molecule has 3 N–H and O–H groups in total. The lowest BCUT2D eigenvalue weighted by atomic mass is 10.1. The monoisotopic (exact) mass is 392 g/mol. The lowest BCUT2D eigenvalue weighted by Crippen LogP contribution is -2.43. The molecule has 10 heteroatoms. The van der Waals surface area contributed by atoms with Crippen molar-refractivity contribution in [1.29, 1.82) is 0 Å². The zero-order chi connectivity index (χ0) is 18.7. The summed E-state index contributed by atoms with van der Waals surface area (Å²) in [5.41, 5.74) is 1.18. The van der Waals surface area contributed by atoms with Crippen molar-refractivity contribution < 1.29 is 24.3 Å². The molecule has 3 rings (SSSR count). The topological polar surface area (TPSA) is 132 Å². The summed E-state index contributed by atoms with van der Waals surface area (Å²) in [4.78, 5) is 55.4. The number of H-pyrrole nitrogens is 1. The number of benzene rings is 1. The SMILES string of the molecule is Cl.O=C(CCN1C(=O)c2ccccc2C1=O)N[C@H](Cc1cnc[nH]1)C(=O)O. The van der Waals surface area contributed by atoms with Gasteiger partial charge in [0.15, 0.2) is 0 Å². The second-order valence-corrected chi connectivity index (χ2v) is 5.80. The molecule has 1 aromatic heterocycles. The van der Waals surface area contributed by atoms with E-state index in [1.165, 1.54) is 12.5 Å². The minimum absolute atomic E-state index is 0. The third kappa shape index (κ3) is 4.32. The second kappa shape index (κ2) is 8.45. The van der Waals surface area contributed by atoms with Crippen molar-refractivity contribution >= 4 is 36.1 Å². The van der Waals surface area contributed by atoms with Crippen LogP contribution in [0.5, 0.6) is 0 Å². The predicted octanol–water partition coefficient (Wildman–Crippen LogP) is 0.630. The molecule has 2 heterocycles. The maximum absolute atomic E-state index is 12.2. The van der Waals surface area contributed by atoms with Gasteiger partial charge in [-0.05, 0) is 12.1 Å². The lowest BCUT2D eigenvalue weighted by molar-refractivity contribution is -0.141. The molecule has 1 atom stereocenters. The Labute approximate surface area is 160 Å². The van der Waals surface area contributed by atoms with Crippen molar-refractivity contribution in [3.8, 4) is 0 Å². The van der Waals surface area contributed by atoms with Crippen molar-refractivity contribution in [1.82, 2.24) is 20.2 Å². The molecule has 142 valence electrons. The van der Waals surface area contributed by atoms with Crippen LogP contribution in [0.15, 0.2) is 36.8 Å². The van der Waals surface area contributed by atoms with Gasteiger partial charge in [0, 0.05) is 31.3 Å². The van der Waals surface area contributed by atoms with Gasteiger partial charge in [0.25, 0.3) is 11.8 Å². The molecule has 0 bridgehead atoms. The molecule has 0 fully saturated rings. The van der Waals surface area contributed by atoms with Gasteiger partial charge in [0.1, 0.15) is 6.04 Å². The molecule has 0 saturated heterocycles. The van der Waals surface area contributed by atoms with E-state index < -0.39 is 29.7 Å². The van der Waals surface area contributed by atoms with E-state index in [4.69, 9.17) is 0 Å². The fraction of sp³-hybridized carbons (Fsp3) is 0.235. The molecule has 0 saturated carbocycles. The lowest BCUT2D eigenvalue weighted by Gasteiger charge is -2.16. The average Bonchev–Trinajstić information content (AvgIpc) is 3.21. The summed E-state index contributed by atoms with van der Waals surface area (Å²) in [5.74, 6) is -2.65. The van der Waals surface area contributed by atoms with Crippen molar-refractivity contribution in [3.05, 3.63) is 53.6 Å².